The van der Waals surface area contributed by atoms with Crippen molar-refractivity contribution in [1.82, 2.24) is 20.5 Å². The molecule has 1 aromatic heterocycles. The van der Waals surface area contributed by atoms with Crippen LogP contribution in [0.5, 0.6) is 0 Å². The number of aromatic nitrogens is 3. The van der Waals surface area contributed by atoms with Crippen molar-refractivity contribution >= 4 is 23.1 Å². The van der Waals surface area contributed by atoms with Crippen molar-refractivity contribution in [3.8, 4) is 0 Å². The van der Waals surface area contributed by atoms with E-state index in [1.807, 2.05) is 19.1 Å². The highest BCUT2D eigenvalue weighted by atomic mass is 16.7. The Morgan fingerprint density at radius 3 is 2.96 bits per heavy atom. The van der Waals surface area contributed by atoms with Gasteiger partial charge in [-0.15, -0.1) is 5.10 Å². The summed E-state index contributed by atoms with van der Waals surface area (Å²) >= 11 is 0. The van der Waals surface area contributed by atoms with E-state index in [4.69, 9.17) is 14.3 Å². The molecule has 146 valence electrons. The van der Waals surface area contributed by atoms with Gasteiger partial charge in [-0.3, -0.25) is 0 Å². The van der Waals surface area contributed by atoms with E-state index >= 15 is 0 Å². The standard InChI is InChI=1S/C18H24N4O5/c1-2-3-10-25-18(24)19-13-8-9-14(26-12-13)11-17(23)27-22-16-7-5-4-6-15(16)20-21-22/h4-7,13-14H,2-3,8-12H2,1H3,(H,19,24)/t13-,14+/m1/s1. The molecule has 0 unspecified atom stereocenters. The Balaban J connectivity index is 1.40. The second-order valence-electron chi connectivity index (χ2n) is 6.48. The molecule has 1 aliphatic rings. The van der Waals surface area contributed by atoms with Gasteiger partial charge in [0.15, 0.2) is 0 Å². The zero-order chi connectivity index (χ0) is 19.1. The minimum Gasteiger partial charge on any atom is -0.450 e. The maximum absolute atomic E-state index is 12.1. The first-order chi connectivity index (χ1) is 13.2. The molecule has 27 heavy (non-hydrogen) atoms. The van der Waals surface area contributed by atoms with Crippen molar-refractivity contribution in [2.24, 2.45) is 0 Å². The van der Waals surface area contributed by atoms with E-state index in [1.165, 1.54) is 0 Å². The molecule has 0 radical (unpaired) electrons. The van der Waals surface area contributed by atoms with Gasteiger partial charge in [-0.1, -0.05) is 30.3 Å². The van der Waals surface area contributed by atoms with Gasteiger partial charge < -0.3 is 19.6 Å². The summed E-state index contributed by atoms with van der Waals surface area (Å²) in [5.41, 5.74) is 1.28. The van der Waals surface area contributed by atoms with Crippen molar-refractivity contribution in [3.05, 3.63) is 24.3 Å². The Hall–Kier alpha value is -2.68. The van der Waals surface area contributed by atoms with Crippen LogP contribution in [-0.4, -0.2) is 52.6 Å². The maximum atomic E-state index is 12.1. The number of hydrogen-bond acceptors (Lipinski definition) is 7. The highest BCUT2D eigenvalue weighted by Crippen LogP contribution is 2.17. The van der Waals surface area contributed by atoms with Crippen LogP contribution in [0.25, 0.3) is 11.0 Å². The third-order valence-corrected chi connectivity index (χ3v) is 4.33. The lowest BCUT2D eigenvalue weighted by molar-refractivity contribution is -0.149. The highest BCUT2D eigenvalue weighted by molar-refractivity contribution is 5.75. The number of fused-ring (bicyclic) bond motifs is 1. The monoisotopic (exact) mass is 376 g/mol. The van der Waals surface area contributed by atoms with E-state index in [0.717, 1.165) is 17.7 Å². The van der Waals surface area contributed by atoms with Gasteiger partial charge in [0.25, 0.3) is 0 Å². The molecule has 9 nitrogen and oxygen atoms in total. The summed E-state index contributed by atoms with van der Waals surface area (Å²) in [4.78, 5) is 30.2. The first-order valence-electron chi connectivity index (χ1n) is 9.22. The summed E-state index contributed by atoms with van der Waals surface area (Å²) in [5, 5.41) is 10.5. The van der Waals surface area contributed by atoms with Gasteiger partial charge in [0.1, 0.15) is 11.0 Å². The predicted octanol–water partition coefficient (Wildman–Crippen LogP) is 1.85. The fraction of sp³-hybridized carbons (Fsp3) is 0.556. The van der Waals surface area contributed by atoms with Crippen LogP contribution in [0.3, 0.4) is 0 Å². The third kappa shape index (κ3) is 5.40. The molecule has 1 aliphatic heterocycles. The molecular formula is C18H24N4O5. The molecule has 2 atom stereocenters. The molecule has 9 heteroatoms. The van der Waals surface area contributed by atoms with E-state index in [1.54, 1.807) is 12.1 Å². The summed E-state index contributed by atoms with van der Waals surface area (Å²) in [6, 6.07) is 7.11. The second kappa shape index (κ2) is 9.31. The average molecular weight is 376 g/mol. The molecule has 0 saturated carbocycles. The summed E-state index contributed by atoms with van der Waals surface area (Å²) in [6.07, 6.45) is 2.62. The van der Waals surface area contributed by atoms with Crippen LogP contribution in [0, 0.1) is 0 Å². The number of carbonyl (C=O) groups is 2. The molecule has 1 N–H and O–H groups in total. The first-order valence-corrected chi connectivity index (χ1v) is 9.22. The molecule has 1 amide bonds. The number of carbonyl (C=O) groups excluding carboxylic acids is 2. The lowest BCUT2D eigenvalue weighted by Gasteiger charge is -2.28. The number of para-hydroxylation sites is 1. The Morgan fingerprint density at radius 2 is 2.19 bits per heavy atom. The number of unbranched alkanes of at least 4 members (excludes halogenated alkanes) is 1. The quantitative estimate of drug-likeness (QED) is 0.581. The molecule has 0 bridgehead atoms. The maximum Gasteiger partial charge on any atom is 0.407 e. The van der Waals surface area contributed by atoms with E-state index in [0.29, 0.717) is 37.1 Å². The van der Waals surface area contributed by atoms with Crippen LogP contribution in [0.4, 0.5) is 4.79 Å². The molecule has 0 spiro atoms. The van der Waals surface area contributed by atoms with E-state index in [2.05, 4.69) is 15.6 Å². The van der Waals surface area contributed by atoms with Crippen LogP contribution in [0.1, 0.15) is 39.0 Å². The summed E-state index contributed by atoms with van der Waals surface area (Å²) < 4.78 is 10.8. The summed E-state index contributed by atoms with van der Waals surface area (Å²) in [6.45, 7) is 2.79. The number of ether oxygens (including phenoxy) is 2. The molecule has 2 heterocycles. The van der Waals surface area contributed by atoms with Crippen molar-refractivity contribution in [3.63, 3.8) is 0 Å². The number of alkyl carbamates (subject to hydrolysis) is 1. The van der Waals surface area contributed by atoms with Crippen molar-refractivity contribution in [2.75, 3.05) is 13.2 Å². The lowest BCUT2D eigenvalue weighted by Crippen LogP contribution is -2.43. The zero-order valence-corrected chi connectivity index (χ0v) is 15.3. The molecule has 2 aromatic rings. The van der Waals surface area contributed by atoms with Gasteiger partial charge in [0.05, 0.1) is 31.8 Å². The average Bonchev–Trinajstić information content (AvgIpc) is 3.06. The van der Waals surface area contributed by atoms with E-state index in [9.17, 15) is 9.59 Å². The van der Waals surface area contributed by atoms with E-state index in [-0.39, 0.29) is 18.6 Å². The zero-order valence-electron chi connectivity index (χ0n) is 15.3. The second-order valence-corrected chi connectivity index (χ2v) is 6.48. The molecular weight excluding hydrogens is 352 g/mol. The summed E-state index contributed by atoms with van der Waals surface area (Å²) in [5.74, 6) is -0.443. The Kier molecular flexibility index (Phi) is 6.59. The predicted molar refractivity (Wildman–Crippen MR) is 95.9 cm³/mol. The van der Waals surface area contributed by atoms with Crippen molar-refractivity contribution < 1.29 is 23.9 Å². The smallest absolute Gasteiger partial charge is 0.407 e. The van der Waals surface area contributed by atoms with Crippen molar-refractivity contribution in [2.45, 2.75) is 51.2 Å². The molecule has 1 fully saturated rings. The first kappa shape index (κ1) is 19.1. The molecule has 0 aliphatic carbocycles. The molecule has 1 saturated heterocycles. The van der Waals surface area contributed by atoms with Crippen molar-refractivity contribution in [1.29, 1.82) is 0 Å². The Labute approximate surface area is 156 Å². The fourth-order valence-corrected chi connectivity index (χ4v) is 2.83. The van der Waals surface area contributed by atoms with Crippen LogP contribution >= 0.6 is 0 Å². The van der Waals surface area contributed by atoms with Gasteiger partial charge in [-0.2, -0.15) is 0 Å². The number of rotatable bonds is 7. The Morgan fingerprint density at radius 1 is 1.33 bits per heavy atom. The van der Waals surface area contributed by atoms with Gasteiger partial charge in [0.2, 0.25) is 0 Å². The normalized spacial score (nSPS) is 19.6. The largest absolute Gasteiger partial charge is 0.450 e. The van der Waals surface area contributed by atoms with E-state index < -0.39 is 12.1 Å². The number of hydrogen-bond donors (Lipinski definition) is 1. The van der Waals surface area contributed by atoms with Gasteiger partial charge in [0, 0.05) is 0 Å². The van der Waals surface area contributed by atoms with Gasteiger partial charge in [-0.25, -0.2) is 9.59 Å². The SMILES string of the molecule is CCCCOC(=O)N[C@@H]1CC[C@@H](CC(=O)On2nnc3ccccc32)OC1. The summed E-state index contributed by atoms with van der Waals surface area (Å²) in [7, 11) is 0. The minimum absolute atomic E-state index is 0.106. The number of nitrogens with one attached hydrogen (secondary N) is 1. The van der Waals surface area contributed by atoms with Gasteiger partial charge in [-0.05, 0) is 36.6 Å². The lowest BCUT2D eigenvalue weighted by atomic mass is 10.0. The van der Waals surface area contributed by atoms with Crippen LogP contribution in [-0.2, 0) is 14.3 Å². The van der Waals surface area contributed by atoms with Crippen LogP contribution < -0.4 is 10.2 Å². The number of amides is 1. The molecule has 3 rings (SSSR count). The van der Waals surface area contributed by atoms with Crippen LogP contribution in [0.15, 0.2) is 24.3 Å². The topological polar surface area (TPSA) is 105 Å². The number of nitrogens with zero attached hydrogens (tertiary/aromatic N) is 3. The third-order valence-electron chi connectivity index (χ3n) is 4.33. The number of benzene rings is 1. The highest BCUT2D eigenvalue weighted by Gasteiger charge is 2.26. The minimum atomic E-state index is -0.443. The molecule has 1 aromatic carbocycles. The van der Waals surface area contributed by atoms with Crippen LogP contribution in [0.2, 0.25) is 0 Å². The Bertz CT molecular complexity index is 770. The van der Waals surface area contributed by atoms with Gasteiger partial charge >= 0.3 is 12.1 Å². The fourth-order valence-electron chi connectivity index (χ4n) is 2.83.